The second-order valence-corrected chi connectivity index (χ2v) is 6.15. The molecule has 3 rings (SSSR count). The van der Waals surface area contributed by atoms with E-state index in [1.807, 2.05) is 11.8 Å². The third-order valence-corrected chi connectivity index (χ3v) is 4.80. The van der Waals surface area contributed by atoms with Crippen LogP contribution in [0.5, 0.6) is 0 Å². The van der Waals surface area contributed by atoms with Gasteiger partial charge in [0, 0.05) is 19.6 Å². The van der Waals surface area contributed by atoms with Crippen molar-refractivity contribution in [3.8, 4) is 0 Å². The van der Waals surface area contributed by atoms with Crippen LogP contribution in [-0.2, 0) is 11.2 Å². The van der Waals surface area contributed by atoms with E-state index in [0.717, 1.165) is 0 Å². The number of aliphatic hydroxyl groups excluding tert-OH is 1. The van der Waals surface area contributed by atoms with Gasteiger partial charge in [-0.2, -0.15) is 0 Å². The van der Waals surface area contributed by atoms with E-state index in [4.69, 9.17) is 0 Å². The molecule has 2 fully saturated rings. The third kappa shape index (κ3) is 2.54. The number of aliphatic hydroxyl groups is 1. The van der Waals surface area contributed by atoms with Gasteiger partial charge in [-0.25, -0.2) is 14.4 Å². The summed E-state index contributed by atoms with van der Waals surface area (Å²) in [7, 11) is 0. The smallest absolute Gasteiger partial charge is 0.226 e. The van der Waals surface area contributed by atoms with Gasteiger partial charge in [-0.15, -0.1) is 0 Å². The molecule has 6 nitrogen and oxygen atoms in total. The number of rotatable bonds is 2. The Bertz CT molecular complexity index is 573. The standard InChI is InChI=1S/C15H21FN4O2/c1-2-11-12(16)13(19-9-18-11)20-5-3-15(4-6-20)7-10(21)8-17-14(15)22/h9-10,21H,2-8H2,1H3,(H,17,22). The van der Waals surface area contributed by atoms with Crippen molar-refractivity contribution in [1.82, 2.24) is 15.3 Å². The molecule has 1 aromatic heterocycles. The maximum absolute atomic E-state index is 14.3. The molecule has 1 aromatic rings. The van der Waals surface area contributed by atoms with Gasteiger partial charge in [-0.05, 0) is 25.7 Å². The van der Waals surface area contributed by atoms with Crippen molar-refractivity contribution in [3.05, 3.63) is 17.8 Å². The average Bonchev–Trinajstić information content (AvgIpc) is 2.53. The highest BCUT2D eigenvalue weighted by molar-refractivity contribution is 5.84. The molecule has 2 N–H and O–H groups in total. The van der Waals surface area contributed by atoms with Gasteiger partial charge >= 0.3 is 0 Å². The van der Waals surface area contributed by atoms with Crippen molar-refractivity contribution in [2.75, 3.05) is 24.5 Å². The summed E-state index contributed by atoms with van der Waals surface area (Å²) in [4.78, 5) is 22.1. The molecule has 3 heterocycles. The number of aromatic nitrogens is 2. The summed E-state index contributed by atoms with van der Waals surface area (Å²) >= 11 is 0. The van der Waals surface area contributed by atoms with Gasteiger partial charge in [-0.3, -0.25) is 4.79 Å². The summed E-state index contributed by atoms with van der Waals surface area (Å²) in [6.07, 6.45) is 3.10. The van der Waals surface area contributed by atoms with Gasteiger partial charge in [0.05, 0.1) is 17.2 Å². The molecule has 0 aromatic carbocycles. The predicted octanol–water partition coefficient (Wildman–Crippen LogP) is 0.646. The highest BCUT2D eigenvalue weighted by Gasteiger charge is 2.45. The van der Waals surface area contributed by atoms with Crippen LogP contribution in [0.3, 0.4) is 0 Å². The highest BCUT2D eigenvalue weighted by Crippen LogP contribution is 2.39. The molecule has 2 saturated heterocycles. The molecular weight excluding hydrogens is 287 g/mol. The van der Waals surface area contributed by atoms with E-state index < -0.39 is 11.5 Å². The van der Waals surface area contributed by atoms with Gasteiger partial charge in [0.15, 0.2) is 11.6 Å². The second-order valence-electron chi connectivity index (χ2n) is 6.15. The minimum Gasteiger partial charge on any atom is -0.391 e. The van der Waals surface area contributed by atoms with E-state index in [9.17, 15) is 14.3 Å². The monoisotopic (exact) mass is 308 g/mol. The van der Waals surface area contributed by atoms with Gasteiger partial charge in [0.2, 0.25) is 5.91 Å². The Kier molecular flexibility index (Phi) is 3.99. The zero-order chi connectivity index (χ0) is 15.7. The molecule has 22 heavy (non-hydrogen) atoms. The molecule has 2 aliphatic rings. The molecule has 0 bridgehead atoms. The fraction of sp³-hybridized carbons (Fsp3) is 0.667. The zero-order valence-electron chi connectivity index (χ0n) is 12.7. The summed E-state index contributed by atoms with van der Waals surface area (Å²) in [5.74, 6) is -0.0394. The number of carbonyl (C=O) groups excluding carboxylic acids is 1. The molecule has 120 valence electrons. The highest BCUT2D eigenvalue weighted by atomic mass is 19.1. The number of anilines is 1. The summed E-state index contributed by atoms with van der Waals surface area (Å²) in [5, 5.41) is 12.6. The molecule has 1 spiro atoms. The molecule has 7 heteroatoms. The summed E-state index contributed by atoms with van der Waals surface area (Å²) in [6, 6.07) is 0. The Hall–Kier alpha value is -1.76. The minimum atomic E-state index is -0.523. The number of piperidine rings is 2. The zero-order valence-corrected chi connectivity index (χ0v) is 12.7. The maximum Gasteiger partial charge on any atom is 0.226 e. The van der Waals surface area contributed by atoms with Crippen molar-refractivity contribution in [2.45, 2.75) is 38.7 Å². The van der Waals surface area contributed by atoms with E-state index >= 15 is 0 Å². The molecule has 0 saturated carbocycles. The van der Waals surface area contributed by atoms with Crippen LogP contribution in [0.15, 0.2) is 6.33 Å². The molecule has 2 aliphatic heterocycles. The number of nitrogens with zero attached hydrogens (tertiary/aromatic N) is 3. The van der Waals surface area contributed by atoms with E-state index in [-0.39, 0.29) is 11.7 Å². The molecule has 1 amide bonds. The molecule has 0 radical (unpaired) electrons. The first-order valence-electron chi connectivity index (χ1n) is 7.76. The normalized spacial score (nSPS) is 24.4. The van der Waals surface area contributed by atoms with Crippen LogP contribution in [0.2, 0.25) is 0 Å². The van der Waals surface area contributed by atoms with Crippen LogP contribution >= 0.6 is 0 Å². The van der Waals surface area contributed by atoms with E-state index in [1.54, 1.807) is 0 Å². The maximum atomic E-state index is 14.3. The van der Waals surface area contributed by atoms with E-state index in [1.165, 1.54) is 6.33 Å². The summed E-state index contributed by atoms with van der Waals surface area (Å²) in [6.45, 7) is 3.29. The third-order valence-electron chi connectivity index (χ3n) is 4.80. The molecular formula is C15H21FN4O2. The van der Waals surface area contributed by atoms with Crippen LogP contribution in [-0.4, -0.2) is 46.7 Å². The lowest BCUT2D eigenvalue weighted by molar-refractivity contribution is -0.138. The van der Waals surface area contributed by atoms with Crippen molar-refractivity contribution in [1.29, 1.82) is 0 Å². The first-order chi connectivity index (χ1) is 10.6. The van der Waals surface area contributed by atoms with Gasteiger partial charge in [0.25, 0.3) is 0 Å². The topological polar surface area (TPSA) is 78.3 Å². The number of nitrogens with one attached hydrogen (secondary N) is 1. The first kappa shape index (κ1) is 15.1. The Morgan fingerprint density at radius 2 is 2.18 bits per heavy atom. The summed E-state index contributed by atoms with van der Waals surface area (Å²) in [5.41, 5.74) is -0.109. The van der Waals surface area contributed by atoms with Gasteiger partial charge in [0.1, 0.15) is 6.33 Å². The fourth-order valence-corrected chi connectivity index (χ4v) is 3.45. The predicted molar refractivity (Wildman–Crippen MR) is 78.9 cm³/mol. The number of halogens is 1. The van der Waals surface area contributed by atoms with Crippen molar-refractivity contribution >= 4 is 11.7 Å². The molecule has 1 unspecified atom stereocenters. The Morgan fingerprint density at radius 1 is 1.45 bits per heavy atom. The molecule has 0 aliphatic carbocycles. The van der Waals surface area contributed by atoms with Crippen LogP contribution in [0.4, 0.5) is 10.2 Å². The average molecular weight is 308 g/mol. The Balaban J connectivity index is 1.76. The second kappa shape index (κ2) is 5.79. The number of hydrogen-bond donors (Lipinski definition) is 2. The number of carbonyl (C=O) groups is 1. The number of amides is 1. The lowest BCUT2D eigenvalue weighted by Crippen LogP contribution is -2.56. The van der Waals surface area contributed by atoms with Crippen molar-refractivity contribution < 1.29 is 14.3 Å². The van der Waals surface area contributed by atoms with Crippen molar-refractivity contribution in [2.24, 2.45) is 5.41 Å². The van der Waals surface area contributed by atoms with Gasteiger partial charge in [-0.1, -0.05) is 6.92 Å². The van der Waals surface area contributed by atoms with Crippen LogP contribution < -0.4 is 10.2 Å². The van der Waals surface area contributed by atoms with Crippen molar-refractivity contribution in [3.63, 3.8) is 0 Å². The lowest BCUT2D eigenvalue weighted by atomic mass is 9.71. The Labute approximate surface area is 128 Å². The lowest BCUT2D eigenvalue weighted by Gasteiger charge is -2.44. The fourth-order valence-electron chi connectivity index (χ4n) is 3.45. The largest absolute Gasteiger partial charge is 0.391 e. The van der Waals surface area contributed by atoms with Crippen LogP contribution in [0.1, 0.15) is 31.9 Å². The number of β-amino-alcohol motifs (C(OH)–C–C–N with tert-alkyl or cyclic N) is 1. The minimum absolute atomic E-state index is 0.00913. The summed E-state index contributed by atoms with van der Waals surface area (Å²) < 4.78 is 14.3. The first-order valence-corrected chi connectivity index (χ1v) is 7.76. The molecule has 1 atom stereocenters. The van der Waals surface area contributed by atoms with E-state index in [2.05, 4.69) is 15.3 Å². The van der Waals surface area contributed by atoms with Crippen LogP contribution in [0.25, 0.3) is 0 Å². The Morgan fingerprint density at radius 3 is 2.86 bits per heavy atom. The van der Waals surface area contributed by atoms with Gasteiger partial charge < -0.3 is 15.3 Å². The van der Waals surface area contributed by atoms with E-state index in [0.29, 0.717) is 56.8 Å². The number of aryl methyl sites for hydroxylation is 1. The van der Waals surface area contributed by atoms with Crippen LogP contribution in [0, 0.1) is 11.2 Å². The quantitative estimate of drug-likeness (QED) is 0.838. The number of hydrogen-bond acceptors (Lipinski definition) is 5. The SMILES string of the molecule is CCc1ncnc(N2CCC3(CC2)CC(O)CNC3=O)c1F.